The molecule has 0 saturated heterocycles. The van der Waals surface area contributed by atoms with E-state index in [2.05, 4.69) is 0 Å². The Kier molecular flexibility index (Phi) is 4.32. The number of aliphatic hydroxyl groups excluding tert-OH is 1. The average Bonchev–Trinajstić information content (AvgIpc) is 2.66. The molecule has 0 aromatic heterocycles. The predicted octanol–water partition coefficient (Wildman–Crippen LogP) is 2.49. The molecular formula is C22H18O7. The van der Waals surface area contributed by atoms with Crippen LogP contribution in [0, 0.1) is 0 Å². The van der Waals surface area contributed by atoms with E-state index in [9.17, 15) is 35.4 Å². The average molecular weight is 394 g/mol. The molecule has 7 heteroatoms. The first-order valence-corrected chi connectivity index (χ1v) is 8.90. The number of carbonyl (C=O) groups is 1. The first-order valence-electron chi connectivity index (χ1n) is 8.90. The van der Waals surface area contributed by atoms with Crippen molar-refractivity contribution in [2.24, 2.45) is 0 Å². The number of hydrogen-bond donors (Lipinski definition) is 6. The van der Waals surface area contributed by atoms with Gasteiger partial charge in [0.2, 0.25) is 5.78 Å². The molecule has 0 bridgehead atoms. The Bertz CT molecular complexity index is 1060. The van der Waals surface area contributed by atoms with Gasteiger partial charge in [0.05, 0.1) is 17.2 Å². The smallest absolute Gasteiger partial charge is 0.201 e. The summed E-state index contributed by atoms with van der Waals surface area (Å²) in [6.45, 7) is 0. The molecule has 0 aliphatic heterocycles. The van der Waals surface area contributed by atoms with Crippen molar-refractivity contribution in [3.63, 3.8) is 0 Å². The van der Waals surface area contributed by atoms with E-state index >= 15 is 0 Å². The number of ketones is 1. The number of aromatic hydroxyl groups is 5. The summed E-state index contributed by atoms with van der Waals surface area (Å²) in [6.07, 6.45) is -1.17. The molecule has 3 aromatic rings. The zero-order chi connectivity index (χ0) is 20.9. The van der Waals surface area contributed by atoms with Crippen molar-refractivity contribution in [3.8, 4) is 28.7 Å². The number of phenols is 5. The molecule has 0 fully saturated rings. The summed E-state index contributed by atoms with van der Waals surface area (Å²) in [6, 6.07) is 11.5. The van der Waals surface area contributed by atoms with Crippen molar-refractivity contribution >= 4 is 5.78 Å². The van der Waals surface area contributed by atoms with Crippen LogP contribution in [0.15, 0.2) is 48.5 Å². The van der Waals surface area contributed by atoms with Crippen LogP contribution >= 0.6 is 0 Å². The first kappa shape index (κ1) is 18.6. The predicted molar refractivity (Wildman–Crippen MR) is 103 cm³/mol. The second-order valence-corrected chi connectivity index (χ2v) is 7.04. The van der Waals surface area contributed by atoms with Crippen LogP contribution < -0.4 is 0 Å². The molecule has 4 rings (SSSR count). The van der Waals surface area contributed by atoms with Crippen LogP contribution in [0.25, 0.3) is 0 Å². The van der Waals surface area contributed by atoms with Crippen LogP contribution in [-0.2, 0) is 6.42 Å². The van der Waals surface area contributed by atoms with Crippen LogP contribution in [0.2, 0.25) is 0 Å². The van der Waals surface area contributed by atoms with Crippen molar-refractivity contribution in [3.05, 3.63) is 76.3 Å². The molecule has 1 unspecified atom stereocenters. The summed E-state index contributed by atoms with van der Waals surface area (Å²) in [5.74, 6) is -3.50. The molecule has 0 radical (unpaired) electrons. The van der Waals surface area contributed by atoms with Gasteiger partial charge in [0.25, 0.3) is 0 Å². The van der Waals surface area contributed by atoms with Crippen LogP contribution in [0.3, 0.4) is 0 Å². The van der Waals surface area contributed by atoms with Crippen molar-refractivity contribution in [2.75, 3.05) is 0 Å². The van der Waals surface area contributed by atoms with Gasteiger partial charge in [-0.25, -0.2) is 0 Å². The largest absolute Gasteiger partial charge is 0.507 e. The third kappa shape index (κ3) is 2.92. The van der Waals surface area contributed by atoms with E-state index in [-0.39, 0.29) is 29.0 Å². The first-order chi connectivity index (χ1) is 13.8. The van der Waals surface area contributed by atoms with E-state index in [0.29, 0.717) is 16.7 Å². The van der Waals surface area contributed by atoms with Gasteiger partial charge in [-0.05, 0) is 47.4 Å². The fraction of sp³-hybridized carbons (Fsp3) is 0.136. The third-order valence-corrected chi connectivity index (χ3v) is 5.23. The van der Waals surface area contributed by atoms with E-state index in [1.54, 1.807) is 24.3 Å². The number of fused-ring (bicyclic) bond motifs is 2. The Labute approximate surface area is 165 Å². The topological polar surface area (TPSA) is 138 Å². The molecule has 3 aromatic carbocycles. The minimum absolute atomic E-state index is 0.0157. The van der Waals surface area contributed by atoms with E-state index in [0.717, 1.165) is 0 Å². The highest BCUT2D eigenvalue weighted by Gasteiger charge is 2.38. The maximum absolute atomic E-state index is 12.9. The minimum Gasteiger partial charge on any atom is -0.507 e. The lowest BCUT2D eigenvalue weighted by molar-refractivity contribution is 0.101. The molecule has 29 heavy (non-hydrogen) atoms. The molecule has 7 nitrogen and oxygen atoms in total. The van der Waals surface area contributed by atoms with Crippen molar-refractivity contribution < 1.29 is 35.4 Å². The Balaban J connectivity index is 1.84. The van der Waals surface area contributed by atoms with Crippen molar-refractivity contribution in [1.82, 2.24) is 0 Å². The molecule has 1 atom stereocenters. The normalized spacial score (nSPS) is 14.3. The number of hydrogen-bond acceptors (Lipinski definition) is 7. The van der Waals surface area contributed by atoms with Gasteiger partial charge in [0, 0.05) is 5.92 Å². The van der Waals surface area contributed by atoms with Crippen LogP contribution in [-0.4, -0.2) is 42.5 Å². The quantitative estimate of drug-likeness (QED) is 0.375. The maximum Gasteiger partial charge on any atom is 0.201 e. The fourth-order valence-corrected chi connectivity index (χ4v) is 3.97. The van der Waals surface area contributed by atoms with Gasteiger partial charge in [-0.2, -0.15) is 0 Å². The lowest BCUT2D eigenvalue weighted by Crippen LogP contribution is -2.29. The fourth-order valence-electron chi connectivity index (χ4n) is 3.97. The van der Waals surface area contributed by atoms with Gasteiger partial charge in [0.15, 0.2) is 17.2 Å². The number of rotatable bonds is 3. The zero-order valence-corrected chi connectivity index (χ0v) is 15.1. The van der Waals surface area contributed by atoms with Gasteiger partial charge in [-0.15, -0.1) is 0 Å². The highest BCUT2D eigenvalue weighted by molar-refractivity contribution is 6.15. The second kappa shape index (κ2) is 6.72. The van der Waals surface area contributed by atoms with E-state index in [1.165, 1.54) is 24.3 Å². The number of carbonyl (C=O) groups excluding carboxylic acids is 1. The molecule has 0 amide bonds. The molecule has 0 heterocycles. The van der Waals surface area contributed by atoms with Crippen molar-refractivity contribution in [2.45, 2.75) is 18.4 Å². The van der Waals surface area contributed by atoms with E-state index in [1.807, 2.05) is 0 Å². The minimum atomic E-state index is -1.13. The maximum atomic E-state index is 12.9. The monoisotopic (exact) mass is 394 g/mol. The zero-order valence-electron chi connectivity index (χ0n) is 15.1. The molecular weight excluding hydrogens is 376 g/mol. The number of aliphatic hydroxyl groups is 1. The van der Waals surface area contributed by atoms with Gasteiger partial charge in [0.1, 0.15) is 11.5 Å². The Morgan fingerprint density at radius 3 is 1.72 bits per heavy atom. The molecule has 0 saturated carbocycles. The summed E-state index contributed by atoms with van der Waals surface area (Å²) >= 11 is 0. The molecule has 6 N–H and O–H groups in total. The Morgan fingerprint density at radius 1 is 0.759 bits per heavy atom. The van der Waals surface area contributed by atoms with Crippen LogP contribution in [0.4, 0.5) is 0 Å². The molecule has 1 aliphatic rings. The summed E-state index contributed by atoms with van der Waals surface area (Å²) in [4.78, 5) is 12.9. The number of benzene rings is 3. The van der Waals surface area contributed by atoms with E-state index in [4.69, 9.17) is 0 Å². The highest BCUT2D eigenvalue weighted by atomic mass is 16.3. The SMILES string of the molecule is O=C1c2c(O)cccc2C(C(O)Cc2cc(O)c(O)c(O)c2)c2cccc(O)c21. The summed E-state index contributed by atoms with van der Waals surface area (Å²) in [5, 5.41) is 60.5. The highest BCUT2D eigenvalue weighted by Crippen LogP contribution is 2.45. The summed E-state index contributed by atoms with van der Waals surface area (Å²) < 4.78 is 0. The third-order valence-electron chi connectivity index (χ3n) is 5.23. The van der Waals surface area contributed by atoms with Crippen LogP contribution in [0.1, 0.15) is 38.5 Å². The number of phenolic OH excluding ortho intramolecular Hbond substituents is 5. The lowest BCUT2D eigenvalue weighted by atomic mass is 9.73. The van der Waals surface area contributed by atoms with Gasteiger partial charge in [-0.1, -0.05) is 24.3 Å². The Morgan fingerprint density at radius 2 is 1.24 bits per heavy atom. The summed E-state index contributed by atoms with van der Waals surface area (Å²) in [7, 11) is 0. The lowest BCUT2D eigenvalue weighted by Gasteiger charge is -2.31. The summed E-state index contributed by atoms with van der Waals surface area (Å²) in [5.41, 5.74) is 1.20. The molecule has 1 aliphatic carbocycles. The van der Waals surface area contributed by atoms with Gasteiger partial charge >= 0.3 is 0 Å². The van der Waals surface area contributed by atoms with Gasteiger partial charge < -0.3 is 30.6 Å². The van der Waals surface area contributed by atoms with E-state index < -0.39 is 35.1 Å². The van der Waals surface area contributed by atoms with Gasteiger partial charge in [-0.3, -0.25) is 4.79 Å². The molecule has 0 spiro atoms. The van der Waals surface area contributed by atoms with Crippen molar-refractivity contribution in [1.29, 1.82) is 0 Å². The standard InChI is InChI=1S/C22H18O7/c23-13-5-1-3-11-18(12-4-2-6-14(24)20(12)22(29)19(11)13)15(25)7-10-8-16(26)21(28)17(27)9-10/h1-6,8-9,15,18,23-28H,7H2. The Hall–Kier alpha value is -3.71. The van der Waals surface area contributed by atoms with Crippen LogP contribution in [0.5, 0.6) is 28.7 Å². The second-order valence-electron chi connectivity index (χ2n) is 7.04. The molecule has 148 valence electrons.